The van der Waals surface area contributed by atoms with Crippen LogP contribution in [0.15, 0.2) is 48.5 Å². The molecule has 0 fully saturated rings. The molecule has 18 heavy (non-hydrogen) atoms. The van der Waals surface area contributed by atoms with E-state index in [1.165, 1.54) is 0 Å². The van der Waals surface area contributed by atoms with Gasteiger partial charge in [-0.15, -0.1) is 0 Å². The maximum absolute atomic E-state index is 5.87. The van der Waals surface area contributed by atoms with Gasteiger partial charge in [-0.3, -0.25) is 0 Å². The molecular weight excluding hydrogens is 399 g/mol. The van der Waals surface area contributed by atoms with Crippen molar-refractivity contribution in [2.45, 2.75) is 0 Å². The predicted molar refractivity (Wildman–Crippen MR) is 87.6 cm³/mol. The zero-order valence-corrected chi connectivity index (χ0v) is 13.8. The van der Waals surface area contributed by atoms with Crippen LogP contribution in [0, 0.1) is 0 Å². The summed E-state index contributed by atoms with van der Waals surface area (Å²) >= 11 is 18.9. The highest BCUT2D eigenvalue weighted by Gasteiger charge is 2.06. The third kappa shape index (κ3) is 3.39. The fourth-order valence-electron chi connectivity index (χ4n) is 1.45. The van der Waals surface area contributed by atoms with Crippen molar-refractivity contribution in [1.82, 2.24) is 0 Å². The van der Waals surface area contributed by atoms with Gasteiger partial charge >= 0.3 is 0 Å². The molecule has 0 atom stereocenters. The van der Waals surface area contributed by atoms with Crippen molar-refractivity contribution < 1.29 is 0 Å². The van der Waals surface area contributed by atoms with E-state index in [1.54, 1.807) is 0 Å². The molecule has 92 valence electrons. The van der Waals surface area contributed by atoms with Gasteiger partial charge < -0.3 is 0 Å². The monoisotopic (exact) mass is 404 g/mol. The van der Waals surface area contributed by atoms with E-state index in [4.69, 9.17) is 23.2 Å². The molecule has 0 heterocycles. The van der Waals surface area contributed by atoms with Gasteiger partial charge in [0.25, 0.3) is 0 Å². The van der Waals surface area contributed by atoms with Gasteiger partial charge in [0.2, 0.25) is 0 Å². The molecule has 0 nitrogen and oxygen atoms in total. The number of hydrogen-bond acceptors (Lipinski definition) is 0. The Labute approximate surface area is 133 Å². The van der Waals surface area contributed by atoms with E-state index in [9.17, 15) is 0 Å². The van der Waals surface area contributed by atoms with Crippen LogP contribution in [0.4, 0.5) is 0 Å². The molecule has 0 bridgehead atoms. The Bertz CT molecular complexity index is 518. The van der Waals surface area contributed by atoms with Crippen LogP contribution >= 0.6 is 55.1 Å². The van der Waals surface area contributed by atoms with E-state index in [-0.39, 0.29) is 0 Å². The smallest absolute Gasteiger partial charge is 0.0406 e. The molecule has 2 aromatic rings. The molecule has 0 saturated carbocycles. The second-order valence-electron chi connectivity index (χ2n) is 3.64. The average Bonchev–Trinajstić information content (AvgIpc) is 2.39. The van der Waals surface area contributed by atoms with Crippen LogP contribution in [0.5, 0.6) is 0 Å². The molecule has 0 saturated heterocycles. The number of hydrogen-bond donors (Lipinski definition) is 0. The Morgan fingerprint density at radius 3 is 1.17 bits per heavy atom. The largest absolute Gasteiger partial charge is 0.0843 e. The van der Waals surface area contributed by atoms with Gasteiger partial charge in [-0.25, -0.2) is 0 Å². The normalized spacial score (nSPS) is 12.2. The molecule has 0 unspecified atom stereocenters. The first-order valence-corrected chi connectivity index (χ1v) is 7.49. The van der Waals surface area contributed by atoms with E-state index in [0.29, 0.717) is 0 Å². The molecule has 4 heteroatoms. The van der Waals surface area contributed by atoms with Gasteiger partial charge in [-0.2, -0.15) is 0 Å². The fraction of sp³-hybridized carbons (Fsp3) is 0. The minimum atomic E-state index is 0.724. The summed E-state index contributed by atoms with van der Waals surface area (Å²) in [6, 6.07) is 15.3. The molecule has 0 aliphatic carbocycles. The summed E-state index contributed by atoms with van der Waals surface area (Å²) in [5, 5.41) is 1.45. The lowest BCUT2D eigenvalue weighted by Crippen LogP contribution is -1.81. The first kappa shape index (κ1) is 14.1. The van der Waals surface area contributed by atoms with E-state index in [0.717, 1.165) is 30.1 Å². The van der Waals surface area contributed by atoms with Gasteiger partial charge in [0, 0.05) is 19.0 Å². The van der Waals surface area contributed by atoms with Crippen molar-refractivity contribution in [3.05, 3.63) is 69.7 Å². The van der Waals surface area contributed by atoms with E-state index < -0.39 is 0 Å². The minimum absolute atomic E-state index is 0.724. The summed E-state index contributed by atoms with van der Waals surface area (Å²) in [6.45, 7) is 0. The van der Waals surface area contributed by atoms with Gasteiger partial charge in [0.15, 0.2) is 0 Å². The first-order valence-electron chi connectivity index (χ1n) is 5.15. The van der Waals surface area contributed by atoms with Crippen molar-refractivity contribution in [1.29, 1.82) is 0 Å². The van der Waals surface area contributed by atoms with Crippen LogP contribution in [0.3, 0.4) is 0 Å². The summed E-state index contributed by atoms with van der Waals surface area (Å²) < 4.78 is 1.95. The van der Waals surface area contributed by atoms with Crippen LogP contribution in [-0.2, 0) is 0 Å². The van der Waals surface area contributed by atoms with Crippen LogP contribution in [0.2, 0.25) is 10.0 Å². The number of benzene rings is 2. The second kappa shape index (κ2) is 6.25. The Morgan fingerprint density at radius 1 is 0.611 bits per heavy atom. The molecule has 0 amide bonds. The Balaban J connectivity index is 2.40. The SMILES string of the molecule is Clc1ccc(C(Br)=C(Br)c2ccc(Cl)cc2)cc1. The topological polar surface area (TPSA) is 0 Å². The lowest BCUT2D eigenvalue weighted by atomic mass is 10.1. The molecule has 2 aromatic carbocycles. The van der Waals surface area contributed by atoms with E-state index >= 15 is 0 Å². The number of halogens is 4. The van der Waals surface area contributed by atoms with Crippen molar-refractivity contribution in [3.8, 4) is 0 Å². The van der Waals surface area contributed by atoms with Gasteiger partial charge in [-0.05, 0) is 67.3 Å². The van der Waals surface area contributed by atoms with Gasteiger partial charge in [-0.1, -0.05) is 47.5 Å². The summed E-state index contributed by atoms with van der Waals surface area (Å²) in [5.41, 5.74) is 2.11. The van der Waals surface area contributed by atoms with Crippen LogP contribution in [0.25, 0.3) is 8.96 Å². The van der Waals surface area contributed by atoms with Crippen molar-refractivity contribution in [2.24, 2.45) is 0 Å². The Hall–Kier alpha value is -0.280. The molecule has 0 aliphatic heterocycles. The average molecular weight is 407 g/mol. The summed E-state index contributed by atoms with van der Waals surface area (Å²) in [5.74, 6) is 0. The maximum Gasteiger partial charge on any atom is 0.0406 e. The van der Waals surface area contributed by atoms with Gasteiger partial charge in [0.05, 0.1) is 0 Å². The Morgan fingerprint density at radius 2 is 0.889 bits per heavy atom. The van der Waals surface area contributed by atoms with E-state index in [2.05, 4.69) is 31.9 Å². The quantitative estimate of drug-likeness (QED) is 0.492. The summed E-state index contributed by atoms with van der Waals surface area (Å²) in [6.07, 6.45) is 0. The van der Waals surface area contributed by atoms with Crippen LogP contribution < -0.4 is 0 Å². The second-order valence-corrected chi connectivity index (χ2v) is 6.10. The van der Waals surface area contributed by atoms with Crippen LogP contribution in [-0.4, -0.2) is 0 Å². The van der Waals surface area contributed by atoms with Crippen LogP contribution in [0.1, 0.15) is 11.1 Å². The van der Waals surface area contributed by atoms with Crippen molar-refractivity contribution in [2.75, 3.05) is 0 Å². The molecule has 2 rings (SSSR count). The molecule has 0 radical (unpaired) electrons. The molecule has 0 N–H and O–H groups in total. The fourth-order valence-corrected chi connectivity index (χ4v) is 2.68. The van der Waals surface area contributed by atoms with Crippen molar-refractivity contribution >= 4 is 64.0 Å². The van der Waals surface area contributed by atoms with Gasteiger partial charge in [0.1, 0.15) is 0 Å². The lowest BCUT2D eigenvalue weighted by molar-refractivity contribution is 1.63. The lowest BCUT2D eigenvalue weighted by Gasteiger charge is -2.06. The maximum atomic E-state index is 5.87. The molecule has 0 aromatic heterocycles. The Kier molecular flexibility index (Phi) is 4.91. The van der Waals surface area contributed by atoms with E-state index in [1.807, 2.05) is 48.5 Å². The highest BCUT2D eigenvalue weighted by Crippen LogP contribution is 2.36. The molecule has 0 aliphatic rings. The summed E-state index contributed by atoms with van der Waals surface area (Å²) in [7, 11) is 0. The molecule has 0 spiro atoms. The predicted octanol–water partition coefficient (Wildman–Crippen LogP) is 6.61. The number of rotatable bonds is 2. The summed E-state index contributed by atoms with van der Waals surface area (Å²) in [4.78, 5) is 0. The highest BCUT2D eigenvalue weighted by molar-refractivity contribution is 9.18. The third-order valence-corrected chi connectivity index (χ3v) is 5.13. The van der Waals surface area contributed by atoms with Crippen molar-refractivity contribution in [3.63, 3.8) is 0 Å². The first-order chi connectivity index (χ1) is 8.58. The standard InChI is InChI=1S/C14H8Br2Cl2/c15-13(9-1-5-11(17)6-2-9)14(16)10-3-7-12(18)8-4-10/h1-8H. The zero-order chi connectivity index (χ0) is 13.1. The zero-order valence-electron chi connectivity index (χ0n) is 9.13. The third-order valence-electron chi connectivity index (χ3n) is 2.39. The highest BCUT2D eigenvalue weighted by atomic mass is 79.9. The molecular formula is C14H8Br2Cl2. The minimum Gasteiger partial charge on any atom is -0.0843 e.